The van der Waals surface area contributed by atoms with Gasteiger partial charge in [-0.25, -0.2) is 5.01 Å². The van der Waals surface area contributed by atoms with Crippen molar-refractivity contribution in [2.24, 2.45) is 16.9 Å². The quantitative estimate of drug-likeness (QED) is 0.0937. The summed E-state index contributed by atoms with van der Waals surface area (Å²) in [5, 5.41) is 24.8. The average Bonchev–Trinajstić information content (AvgIpc) is 3.21. The lowest BCUT2D eigenvalue weighted by Gasteiger charge is -2.20. The molecule has 1 saturated heterocycles. The maximum Gasteiger partial charge on any atom is 0.323 e. The van der Waals surface area contributed by atoms with E-state index in [9.17, 15) is 19.9 Å². The maximum absolute atomic E-state index is 12.0. The largest absolute Gasteiger partial charge is 0.507 e. The minimum atomic E-state index is -0.944. The van der Waals surface area contributed by atoms with E-state index in [4.69, 9.17) is 15.2 Å². The van der Waals surface area contributed by atoms with Crippen LogP contribution in [-0.2, 0) is 20.7 Å². The van der Waals surface area contributed by atoms with Crippen molar-refractivity contribution in [2.45, 2.75) is 84.3 Å². The van der Waals surface area contributed by atoms with Crippen molar-refractivity contribution in [1.29, 1.82) is 0 Å². The predicted molar refractivity (Wildman–Crippen MR) is 135 cm³/mol. The molecule has 4 atom stereocenters. The Balaban J connectivity index is 1.97. The lowest BCUT2D eigenvalue weighted by atomic mass is 10.0. The Morgan fingerprint density at radius 3 is 2.60 bits per heavy atom. The Bertz CT molecular complexity index is 884. The smallest absolute Gasteiger partial charge is 0.323 e. The van der Waals surface area contributed by atoms with Crippen LogP contribution in [0.3, 0.4) is 0 Å². The van der Waals surface area contributed by atoms with Gasteiger partial charge >= 0.3 is 5.97 Å². The van der Waals surface area contributed by atoms with Gasteiger partial charge in [-0.1, -0.05) is 57.9 Å². The second kappa shape index (κ2) is 14.0. The van der Waals surface area contributed by atoms with Crippen LogP contribution in [0.1, 0.15) is 64.5 Å². The molecular weight excluding hydrogens is 450 g/mol. The first-order chi connectivity index (χ1) is 16.7. The number of allylic oxidation sites excluding steroid dienone is 2. The summed E-state index contributed by atoms with van der Waals surface area (Å²) in [5.74, 6) is -0.598. The third kappa shape index (κ3) is 8.76. The zero-order valence-electron chi connectivity index (χ0n) is 21.1. The molecule has 1 heterocycles. The molecule has 0 bridgehead atoms. The highest BCUT2D eigenvalue weighted by Crippen LogP contribution is 2.25. The summed E-state index contributed by atoms with van der Waals surface area (Å²) in [6, 6.07) is 6.97. The van der Waals surface area contributed by atoms with E-state index in [0.29, 0.717) is 11.1 Å². The first kappa shape index (κ1) is 28.5. The number of unbranched alkanes of at least 4 members (excludes halogenated alkanes) is 2. The Hall–Kier alpha value is -2.75. The number of ether oxygens (including phenoxy) is 2. The molecular formula is C26H39N3O6. The number of nitroso groups, excluding NO2 is 1. The molecule has 1 aromatic carbocycles. The molecule has 9 nitrogen and oxygen atoms in total. The molecule has 9 heteroatoms. The lowest BCUT2D eigenvalue weighted by molar-refractivity contribution is -0.153. The third-order valence-corrected chi connectivity index (χ3v) is 5.99. The summed E-state index contributed by atoms with van der Waals surface area (Å²) >= 11 is 0. The van der Waals surface area contributed by atoms with Crippen LogP contribution in [0.25, 0.3) is 5.76 Å². The standard InChI is InChI=1S/C26H39N3O6/c1-5-6-7-8-19-9-11-20(12-10-19)21(30)13-18(4)15-29(28-33)24-14-22(31)23(35-24)16-34-26(32)25(27)17(2)3/h9-13,15,17,22-25,30-31H,5-8,14,16,27H2,1-4H3/b18-15-,21-13-/t22-,23?,24-,25?/m1/s1. The summed E-state index contributed by atoms with van der Waals surface area (Å²) in [7, 11) is 0. The summed E-state index contributed by atoms with van der Waals surface area (Å²) in [4.78, 5) is 23.4. The van der Waals surface area contributed by atoms with Crippen molar-refractivity contribution in [1.82, 2.24) is 5.01 Å². The van der Waals surface area contributed by atoms with Gasteiger partial charge in [0.2, 0.25) is 0 Å². The molecule has 0 aliphatic carbocycles. The van der Waals surface area contributed by atoms with Crippen molar-refractivity contribution in [3.8, 4) is 0 Å². The predicted octanol–water partition coefficient (Wildman–Crippen LogP) is 4.21. The highest BCUT2D eigenvalue weighted by atomic mass is 16.6. The Labute approximate surface area is 207 Å². The van der Waals surface area contributed by atoms with E-state index in [1.807, 2.05) is 24.3 Å². The second-order valence-corrected chi connectivity index (χ2v) is 9.35. The van der Waals surface area contributed by atoms with Crippen molar-refractivity contribution < 1.29 is 24.5 Å². The van der Waals surface area contributed by atoms with Crippen LogP contribution in [0, 0.1) is 10.8 Å². The van der Waals surface area contributed by atoms with Gasteiger partial charge in [0.05, 0.1) is 11.4 Å². The normalized spacial score (nSPS) is 21.7. The summed E-state index contributed by atoms with van der Waals surface area (Å²) in [6.45, 7) is 7.32. The number of benzene rings is 1. The molecule has 1 aliphatic rings. The Morgan fingerprint density at radius 2 is 2.00 bits per heavy atom. The van der Waals surface area contributed by atoms with Crippen LogP contribution in [0.5, 0.6) is 0 Å². The summed E-state index contributed by atoms with van der Waals surface area (Å²) in [5.41, 5.74) is 8.22. The van der Waals surface area contributed by atoms with E-state index in [0.717, 1.165) is 17.9 Å². The van der Waals surface area contributed by atoms with Crippen LogP contribution in [0.4, 0.5) is 0 Å². The van der Waals surface area contributed by atoms with Gasteiger partial charge in [-0.2, -0.15) is 0 Å². The molecule has 194 valence electrons. The van der Waals surface area contributed by atoms with Gasteiger partial charge in [0.1, 0.15) is 24.5 Å². The van der Waals surface area contributed by atoms with Crippen LogP contribution in [-0.4, -0.2) is 52.3 Å². The number of rotatable bonds is 13. The minimum absolute atomic E-state index is 0.0587. The molecule has 0 amide bonds. The first-order valence-electron chi connectivity index (χ1n) is 12.2. The van der Waals surface area contributed by atoms with Gasteiger partial charge in [0.15, 0.2) is 6.23 Å². The minimum Gasteiger partial charge on any atom is -0.507 e. The monoisotopic (exact) mass is 489 g/mol. The maximum atomic E-state index is 12.0. The molecule has 0 radical (unpaired) electrons. The van der Waals surface area contributed by atoms with Crippen molar-refractivity contribution in [2.75, 3.05) is 6.61 Å². The number of aryl methyl sites for hydroxylation is 1. The van der Waals surface area contributed by atoms with Crippen LogP contribution in [0.2, 0.25) is 0 Å². The number of aliphatic hydroxyl groups is 2. The van der Waals surface area contributed by atoms with Gasteiger partial charge < -0.3 is 25.4 Å². The SMILES string of the molecule is CCCCCc1ccc(/C(O)=C/C(C)=C\N(N=O)[C@H]2C[C@@H](O)C(COC(=O)C(N)C(C)C)O2)cc1. The third-order valence-electron chi connectivity index (χ3n) is 5.99. The molecule has 35 heavy (non-hydrogen) atoms. The van der Waals surface area contributed by atoms with Gasteiger partial charge in [-0.15, -0.1) is 4.91 Å². The Morgan fingerprint density at radius 1 is 1.31 bits per heavy atom. The average molecular weight is 490 g/mol. The van der Waals surface area contributed by atoms with Gasteiger partial charge in [0, 0.05) is 18.2 Å². The molecule has 0 saturated carbocycles. The molecule has 2 rings (SSSR count). The van der Waals surface area contributed by atoms with E-state index < -0.39 is 30.4 Å². The van der Waals surface area contributed by atoms with Gasteiger partial charge in [0.25, 0.3) is 0 Å². The fraction of sp³-hybridized carbons (Fsp3) is 0.577. The fourth-order valence-electron chi connectivity index (χ4n) is 3.69. The van der Waals surface area contributed by atoms with Gasteiger partial charge in [-0.3, -0.25) is 4.79 Å². The number of hydrogen-bond donors (Lipinski definition) is 3. The van der Waals surface area contributed by atoms with Crippen molar-refractivity contribution in [3.05, 3.63) is 58.1 Å². The van der Waals surface area contributed by atoms with Crippen LogP contribution in [0.15, 0.2) is 47.4 Å². The van der Waals surface area contributed by atoms with E-state index in [1.54, 1.807) is 20.8 Å². The second-order valence-electron chi connectivity index (χ2n) is 9.35. The van der Waals surface area contributed by atoms with Crippen LogP contribution >= 0.6 is 0 Å². The fourth-order valence-corrected chi connectivity index (χ4v) is 3.69. The zero-order valence-corrected chi connectivity index (χ0v) is 21.1. The zero-order chi connectivity index (χ0) is 26.0. The van der Waals surface area contributed by atoms with E-state index in [1.165, 1.54) is 30.7 Å². The lowest BCUT2D eigenvalue weighted by Crippen LogP contribution is -2.39. The number of carbonyl (C=O) groups excluding carboxylic acids is 1. The number of aliphatic hydroxyl groups excluding tert-OH is 2. The number of hydrogen-bond acceptors (Lipinski definition) is 8. The number of carbonyl (C=O) groups is 1. The summed E-state index contributed by atoms with van der Waals surface area (Å²) in [6.07, 6.45) is 4.99. The number of esters is 1. The molecule has 2 unspecified atom stereocenters. The van der Waals surface area contributed by atoms with Crippen molar-refractivity contribution in [3.63, 3.8) is 0 Å². The van der Waals surface area contributed by atoms with E-state index in [2.05, 4.69) is 12.2 Å². The molecule has 1 aromatic rings. The highest BCUT2D eigenvalue weighted by molar-refractivity contribution is 5.75. The number of nitrogens with two attached hydrogens (primary N) is 1. The molecule has 1 fully saturated rings. The van der Waals surface area contributed by atoms with Crippen LogP contribution < -0.4 is 5.73 Å². The molecule has 1 aliphatic heterocycles. The van der Waals surface area contributed by atoms with E-state index in [-0.39, 0.29) is 24.7 Å². The van der Waals surface area contributed by atoms with Gasteiger partial charge in [-0.05, 0) is 42.9 Å². The van der Waals surface area contributed by atoms with Crippen molar-refractivity contribution >= 4 is 11.7 Å². The number of nitrogens with zero attached hydrogens (tertiary/aromatic N) is 2. The highest BCUT2D eigenvalue weighted by Gasteiger charge is 2.38. The molecule has 4 N–H and O–H groups in total. The first-order valence-corrected chi connectivity index (χ1v) is 12.2. The Kier molecular flexibility index (Phi) is 11.4. The molecule has 0 spiro atoms. The molecule has 0 aromatic heterocycles. The topological polar surface area (TPSA) is 135 Å². The van der Waals surface area contributed by atoms with E-state index >= 15 is 0 Å². The summed E-state index contributed by atoms with van der Waals surface area (Å²) < 4.78 is 10.9.